The highest BCUT2D eigenvalue weighted by molar-refractivity contribution is 7.99. The minimum absolute atomic E-state index is 0.0416. The molecule has 7 atom stereocenters. The molecule has 8 nitrogen and oxygen atoms in total. The quantitative estimate of drug-likeness (QED) is 0.381. The lowest BCUT2D eigenvalue weighted by Crippen LogP contribution is -2.55. The molecule has 6 rings (SSSR count). The molecule has 2 bridgehead atoms. The van der Waals surface area contributed by atoms with Gasteiger partial charge >= 0.3 is 0 Å². The topological polar surface area (TPSA) is 88.2 Å². The zero-order chi connectivity index (χ0) is 34.4. The van der Waals surface area contributed by atoms with Crippen molar-refractivity contribution in [1.82, 2.24) is 9.62 Å². The lowest BCUT2D eigenvalue weighted by molar-refractivity contribution is -0.151. The van der Waals surface area contributed by atoms with Gasteiger partial charge in [0.15, 0.2) is 0 Å². The molecule has 2 amide bonds. The maximum absolute atomic E-state index is 13.9. The molecule has 48 heavy (non-hydrogen) atoms. The Morgan fingerprint density at radius 3 is 2.65 bits per heavy atom. The number of carbonyl (C=O) groups excluding carboxylic acids is 2. The third-order valence-corrected chi connectivity index (χ3v) is 14.6. The first-order chi connectivity index (χ1) is 22.8. The fourth-order valence-electron chi connectivity index (χ4n) is 8.81. The first-order valence-corrected chi connectivity index (χ1v) is 19.7. The number of fused-ring (bicyclic) bond motifs is 4. The van der Waals surface area contributed by atoms with E-state index in [4.69, 9.17) is 21.1 Å². The van der Waals surface area contributed by atoms with Crippen LogP contribution in [0.3, 0.4) is 0 Å². The molecular formula is C38H52ClN3O5S. The van der Waals surface area contributed by atoms with Gasteiger partial charge in [0.1, 0.15) is 5.75 Å². The molecular weight excluding hydrogens is 646 g/mol. The summed E-state index contributed by atoms with van der Waals surface area (Å²) in [7, 11) is 2.42. The van der Waals surface area contributed by atoms with Crippen molar-refractivity contribution in [2.75, 3.05) is 45.8 Å². The summed E-state index contributed by atoms with van der Waals surface area (Å²) in [5, 5.41) is 0.405. The van der Waals surface area contributed by atoms with Crippen molar-refractivity contribution in [2.24, 2.45) is 17.8 Å². The number of benzene rings is 2. The summed E-state index contributed by atoms with van der Waals surface area (Å²) in [6.45, 7) is 5.97. The molecule has 1 unspecified atom stereocenters. The van der Waals surface area contributed by atoms with Crippen molar-refractivity contribution in [1.29, 1.82) is 0 Å². The Hall–Kier alpha value is -2.75. The van der Waals surface area contributed by atoms with Crippen LogP contribution in [0.2, 0.25) is 5.02 Å². The molecule has 2 heterocycles. The molecule has 1 N–H and O–H groups in total. The van der Waals surface area contributed by atoms with E-state index in [2.05, 4.69) is 34.5 Å². The smallest absolute Gasteiger partial charge is 0.262 e. The molecule has 4 aliphatic rings. The molecule has 0 saturated heterocycles. The van der Waals surface area contributed by atoms with Gasteiger partial charge in [-0.1, -0.05) is 31.0 Å². The van der Waals surface area contributed by atoms with Gasteiger partial charge in [-0.05, 0) is 117 Å². The van der Waals surface area contributed by atoms with E-state index in [-0.39, 0.29) is 40.2 Å². The van der Waals surface area contributed by atoms with E-state index in [1.807, 2.05) is 39.2 Å². The Balaban J connectivity index is 1.45. The van der Waals surface area contributed by atoms with E-state index < -0.39 is 15.3 Å². The van der Waals surface area contributed by atoms with Crippen molar-refractivity contribution in [3.63, 3.8) is 0 Å². The number of carbonyl (C=O) groups is 2. The molecule has 0 radical (unpaired) electrons. The number of amides is 2. The second-order valence-electron chi connectivity index (χ2n) is 15.2. The lowest BCUT2D eigenvalue weighted by Gasteiger charge is -2.52. The number of hydrogen-bond donors (Lipinski definition) is 1. The van der Waals surface area contributed by atoms with Gasteiger partial charge in [0.2, 0.25) is 5.91 Å². The Morgan fingerprint density at radius 1 is 1.15 bits per heavy atom. The Labute approximate surface area is 292 Å². The molecule has 262 valence electrons. The minimum atomic E-state index is -2.96. The standard InChI is InChI=1S/C38H52ClN3O5S/c1-25-9-7-18-38(46-5,21-35(43)41(3)4)32-14-11-29(32)22-42-23-37(17-8-10-27-19-30(39)13-15-31(27)37)24-47-34-16-12-28(20-33(34)42)36(44)40-48(6,45)26(25)2/h12-13,15-16,19-20,25-26,29,32H,6-11,14,17-18,21-24H2,1-5H3,(H,40,44,45)/t25-,26+,29-,32+,37-,38-,48?/m0/s1. The van der Waals surface area contributed by atoms with Gasteiger partial charge in [-0.2, -0.15) is 0 Å². The van der Waals surface area contributed by atoms with Crippen LogP contribution >= 0.6 is 11.6 Å². The summed E-state index contributed by atoms with van der Waals surface area (Å²) in [5.41, 5.74) is 2.99. The van der Waals surface area contributed by atoms with Crippen LogP contribution in [0.5, 0.6) is 5.75 Å². The number of aryl methyl sites for hydroxylation is 1. The minimum Gasteiger partial charge on any atom is -0.490 e. The average molecular weight is 698 g/mol. The second kappa shape index (κ2) is 13.5. The van der Waals surface area contributed by atoms with Crippen LogP contribution in [-0.4, -0.2) is 78.5 Å². The maximum atomic E-state index is 13.9. The lowest BCUT2D eigenvalue weighted by atomic mass is 9.61. The highest BCUT2D eigenvalue weighted by atomic mass is 35.5. The van der Waals surface area contributed by atoms with Crippen molar-refractivity contribution < 1.29 is 23.3 Å². The SMILES string of the molecule is C=S1(=O)NC(=O)c2ccc3c(c2)N(C[C@@H]2CC[C@H]2[C@](CC(=O)N(C)C)(OC)CCC[C@H](C)[C@H]1C)C[C@@]1(CCCc2cc(Cl)ccc21)CO3. The largest absolute Gasteiger partial charge is 0.490 e. The van der Waals surface area contributed by atoms with Crippen molar-refractivity contribution in [2.45, 2.75) is 87.9 Å². The van der Waals surface area contributed by atoms with Crippen molar-refractivity contribution >= 4 is 44.7 Å². The number of methoxy groups -OCH3 is 1. The number of rotatable bonds is 3. The molecule has 1 spiro atoms. The molecule has 2 aliphatic heterocycles. The number of nitrogens with one attached hydrogen (secondary N) is 1. The van der Waals surface area contributed by atoms with Gasteiger partial charge in [-0.25, -0.2) is 4.21 Å². The monoisotopic (exact) mass is 697 g/mol. The third kappa shape index (κ3) is 6.59. The summed E-state index contributed by atoms with van der Waals surface area (Å²) in [6.07, 6.45) is 7.68. The highest BCUT2D eigenvalue weighted by Gasteiger charge is 2.51. The molecule has 2 aromatic rings. The highest BCUT2D eigenvalue weighted by Crippen LogP contribution is 2.51. The van der Waals surface area contributed by atoms with Gasteiger partial charge in [0.05, 0.1) is 34.0 Å². The van der Waals surface area contributed by atoms with E-state index in [9.17, 15) is 13.8 Å². The zero-order valence-corrected chi connectivity index (χ0v) is 30.8. The summed E-state index contributed by atoms with van der Waals surface area (Å²) in [6, 6.07) is 11.8. The molecule has 0 aromatic heterocycles. The molecule has 2 aromatic carbocycles. The second-order valence-corrected chi connectivity index (χ2v) is 18.0. The fourth-order valence-corrected chi connectivity index (χ4v) is 10.5. The van der Waals surface area contributed by atoms with Crippen LogP contribution < -0.4 is 14.4 Å². The number of anilines is 1. The van der Waals surface area contributed by atoms with Crippen LogP contribution in [0.15, 0.2) is 36.4 Å². The van der Waals surface area contributed by atoms with E-state index in [0.717, 1.165) is 80.9 Å². The normalized spacial score (nSPS) is 33.7. The van der Waals surface area contributed by atoms with Crippen LogP contribution in [0.4, 0.5) is 5.69 Å². The maximum Gasteiger partial charge on any atom is 0.262 e. The molecule has 1 saturated carbocycles. The predicted octanol–water partition coefficient (Wildman–Crippen LogP) is 6.27. The first-order valence-electron chi connectivity index (χ1n) is 17.5. The molecule has 10 heteroatoms. The van der Waals surface area contributed by atoms with Gasteiger partial charge < -0.3 is 19.3 Å². The molecule has 2 aliphatic carbocycles. The van der Waals surface area contributed by atoms with E-state index >= 15 is 0 Å². The Bertz CT molecular complexity index is 1660. The van der Waals surface area contributed by atoms with Gasteiger partial charge in [0, 0.05) is 55.5 Å². The Kier molecular flexibility index (Phi) is 9.88. The number of halogens is 1. The summed E-state index contributed by atoms with van der Waals surface area (Å²) in [5.74, 6) is 4.96. The van der Waals surface area contributed by atoms with Crippen LogP contribution in [0.25, 0.3) is 0 Å². The number of nitrogens with zero attached hydrogens (tertiary/aromatic N) is 2. The predicted molar refractivity (Wildman–Crippen MR) is 195 cm³/mol. The summed E-state index contributed by atoms with van der Waals surface area (Å²) >= 11 is 6.47. The number of ether oxygens (including phenoxy) is 2. The Morgan fingerprint density at radius 2 is 1.94 bits per heavy atom. The molecule has 1 fully saturated rings. The van der Waals surface area contributed by atoms with Gasteiger partial charge in [0.25, 0.3) is 5.91 Å². The van der Waals surface area contributed by atoms with Crippen LogP contribution in [0.1, 0.15) is 86.7 Å². The van der Waals surface area contributed by atoms with Crippen molar-refractivity contribution in [3.05, 3.63) is 58.1 Å². The van der Waals surface area contributed by atoms with E-state index in [1.54, 1.807) is 18.1 Å². The summed E-state index contributed by atoms with van der Waals surface area (Å²) in [4.78, 5) is 31.1. The van der Waals surface area contributed by atoms with Crippen LogP contribution in [-0.2, 0) is 31.1 Å². The fraction of sp³-hybridized carbons (Fsp3) is 0.605. The first kappa shape index (κ1) is 35.1. The third-order valence-electron chi connectivity index (χ3n) is 12.1. The number of hydrogen-bond acceptors (Lipinski definition) is 6. The summed E-state index contributed by atoms with van der Waals surface area (Å²) < 4.78 is 29.9. The van der Waals surface area contributed by atoms with E-state index in [0.29, 0.717) is 18.6 Å². The average Bonchev–Trinajstić information content (AvgIpc) is 3.18. The van der Waals surface area contributed by atoms with E-state index in [1.165, 1.54) is 11.1 Å². The zero-order valence-electron chi connectivity index (χ0n) is 29.2. The van der Waals surface area contributed by atoms with Crippen molar-refractivity contribution in [3.8, 4) is 5.75 Å². The van der Waals surface area contributed by atoms with Crippen LogP contribution in [0, 0.1) is 17.8 Å². The van der Waals surface area contributed by atoms with Gasteiger partial charge in [-0.15, -0.1) is 0 Å². The van der Waals surface area contributed by atoms with Gasteiger partial charge in [-0.3, -0.25) is 14.3 Å².